The fourth-order valence-electron chi connectivity index (χ4n) is 1.71. The predicted octanol–water partition coefficient (Wildman–Crippen LogP) is 2.69. The highest BCUT2D eigenvalue weighted by Gasteiger charge is 2.10. The number of anilines is 1. The molecule has 1 unspecified atom stereocenters. The maximum absolute atomic E-state index is 9.82. The van der Waals surface area contributed by atoms with E-state index in [1.807, 2.05) is 26.0 Å². The van der Waals surface area contributed by atoms with E-state index in [2.05, 4.69) is 24.1 Å². The summed E-state index contributed by atoms with van der Waals surface area (Å²) in [4.78, 5) is 4.24. The first kappa shape index (κ1) is 14.8. The first-order valence-corrected chi connectivity index (χ1v) is 6.52. The largest absolute Gasteiger partial charge is 0.487 e. The molecule has 18 heavy (non-hydrogen) atoms. The maximum atomic E-state index is 9.82. The standard InChI is InChI=1S/C14H24N2O2/c1-10(2)8-12(17)9-16-14-13(18-11(3)4)6-5-7-15-14/h5-7,10-12,17H,8-9H2,1-4H3,(H,15,16). The summed E-state index contributed by atoms with van der Waals surface area (Å²) in [5, 5.41) is 13.0. The summed E-state index contributed by atoms with van der Waals surface area (Å²) < 4.78 is 5.65. The smallest absolute Gasteiger partial charge is 0.168 e. The summed E-state index contributed by atoms with van der Waals surface area (Å²) in [5.41, 5.74) is 0. The number of hydrogen-bond acceptors (Lipinski definition) is 4. The molecule has 1 aromatic heterocycles. The van der Waals surface area contributed by atoms with Gasteiger partial charge in [0.25, 0.3) is 0 Å². The molecule has 0 fully saturated rings. The summed E-state index contributed by atoms with van der Waals surface area (Å²) in [6, 6.07) is 3.72. The van der Waals surface area contributed by atoms with E-state index < -0.39 is 0 Å². The Bertz CT molecular complexity index is 353. The highest BCUT2D eigenvalue weighted by molar-refractivity contribution is 5.49. The van der Waals surface area contributed by atoms with Gasteiger partial charge in [0, 0.05) is 12.7 Å². The topological polar surface area (TPSA) is 54.4 Å². The Balaban J connectivity index is 2.55. The molecule has 0 saturated carbocycles. The molecule has 0 aliphatic heterocycles. The summed E-state index contributed by atoms with van der Waals surface area (Å²) in [5.74, 6) is 1.90. The summed E-state index contributed by atoms with van der Waals surface area (Å²) in [6.07, 6.45) is 2.24. The Hall–Kier alpha value is -1.29. The third-order valence-electron chi connectivity index (χ3n) is 2.38. The first-order chi connectivity index (χ1) is 8.49. The van der Waals surface area contributed by atoms with Crippen LogP contribution in [0.3, 0.4) is 0 Å². The summed E-state index contributed by atoms with van der Waals surface area (Å²) in [6.45, 7) is 8.63. The van der Waals surface area contributed by atoms with Crippen LogP contribution in [0.15, 0.2) is 18.3 Å². The van der Waals surface area contributed by atoms with Gasteiger partial charge >= 0.3 is 0 Å². The minimum atomic E-state index is -0.362. The number of aliphatic hydroxyl groups is 1. The lowest BCUT2D eigenvalue weighted by atomic mass is 10.1. The minimum Gasteiger partial charge on any atom is -0.487 e. The molecule has 0 amide bonds. The molecule has 0 radical (unpaired) electrons. The lowest BCUT2D eigenvalue weighted by Crippen LogP contribution is -2.22. The molecule has 0 saturated heterocycles. The molecule has 0 aliphatic carbocycles. The fourth-order valence-corrected chi connectivity index (χ4v) is 1.71. The Morgan fingerprint density at radius 1 is 1.33 bits per heavy atom. The molecular weight excluding hydrogens is 228 g/mol. The van der Waals surface area contributed by atoms with Crippen molar-refractivity contribution in [1.82, 2.24) is 4.98 Å². The van der Waals surface area contributed by atoms with Gasteiger partial charge in [0.2, 0.25) is 0 Å². The zero-order valence-electron chi connectivity index (χ0n) is 11.7. The molecule has 0 aromatic carbocycles. The van der Waals surface area contributed by atoms with Crippen LogP contribution in [0.25, 0.3) is 0 Å². The second-order valence-corrected chi connectivity index (χ2v) is 5.18. The molecule has 1 aromatic rings. The molecule has 1 rings (SSSR count). The molecular formula is C14H24N2O2. The van der Waals surface area contributed by atoms with Crippen molar-refractivity contribution < 1.29 is 9.84 Å². The molecule has 0 bridgehead atoms. The lowest BCUT2D eigenvalue weighted by Gasteiger charge is -2.17. The Labute approximate surface area is 109 Å². The van der Waals surface area contributed by atoms with Gasteiger partial charge < -0.3 is 15.2 Å². The lowest BCUT2D eigenvalue weighted by molar-refractivity contribution is 0.161. The van der Waals surface area contributed by atoms with Crippen molar-refractivity contribution in [2.24, 2.45) is 5.92 Å². The second-order valence-electron chi connectivity index (χ2n) is 5.18. The molecule has 1 heterocycles. The first-order valence-electron chi connectivity index (χ1n) is 6.52. The van der Waals surface area contributed by atoms with Gasteiger partial charge in [-0.25, -0.2) is 4.98 Å². The summed E-state index contributed by atoms with van der Waals surface area (Å²) in [7, 11) is 0. The minimum absolute atomic E-state index is 0.107. The van der Waals surface area contributed by atoms with Gasteiger partial charge in [-0.2, -0.15) is 0 Å². The predicted molar refractivity (Wildman–Crippen MR) is 74.0 cm³/mol. The van der Waals surface area contributed by atoms with Gasteiger partial charge in [-0.3, -0.25) is 0 Å². The van der Waals surface area contributed by atoms with Crippen LogP contribution >= 0.6 is 0 Å². The van der Waals surface area contributed by atoms with Crippen LogP contribution in [0.1, 0.15) is 34.1 Å². The van der Waals surface area contributed by atoms with Crippen LogP contribution in [0.4, 0.5) is 5.82 Å². The average molecular weight is 252 g/mol. The van der Waals surface area contributed by atoms with Gasteiger partial charge in [-0.1, -0.05) is 13.8 Å². The zero-order chi connectivity index (χ0) is 13.5. The molecule has 0 spiro atoms. The van der Waals surface area contributed by atoms with E-state index in [0.717, 1.165) is 12.2 Å². The average Bonchev–Trinajstić information content (AvgIpc) is 2.26. The monoisotopic (exact) mass is 252 g/mol. The van der Waals surface area contributed by atoms with Crippen LogP contribution in [-0.2, 0) is 0 Å². The van der Waals surface area contributed by atoms with Gasteiger partial charge in [-0.15, -0.1) is 0 Å². The molecule has 102 valence electrons. The van der Waals surface area contributed by atoms with Crippen LogP contribution in [-0.4, -0.2) is 28.8 Å². The Morgan fingerprint density at radius 2 is 2.06 bits per heavy atom. The molecule has 4 heteroatoms. The van der Waals surface area contributed by atoms with Crippen LogP contribution in [0.2, 0.25) is 0 Å². The highest BCUT2D eigenvalue weighted by Crippen LogP contribution is 2.22. The van der Waals surface area contributed by atoms with E-state index in [4.69, 9.17) is 4.74 Å². The van der Waals surface area contributed by atoms with Gasteiger partial charge in [0.05, 0.1) is 12.2 Å². The molecule has 4 nitrogen and oxygen atoms in total. The third kappa shape index (κ3) is 5.36. The van der Waals surface area contributed by atoms with Crippen molar-refractivity contribution in [1.29, 1.82) is 0 Å². The van der Waals surface area contributed by atoms with Crippen molar-refractivity contribution in [3.63, 3.8) is 0 Å². The van der Waals surface area contributed by atoms with E-state index in [0.29, 0.717) is 18.3 Å². The quantitative estimate of drug-likeness (QED) is 0.783. The normalized spacial score (nSPS) is 12.8. The fraction of sp³-hybridized carbons (Fsp3) is 0.643. The Morgan fingerprint density at radius 3 is 2.67 bits per heavy atom. The molecule has 1 atom stereocenters. The number of nitrogens with one attached hydrogen (secondary N) is 1. The highest BCUT2D eigenvalue weighted by atomic mass is 16.5. The molecule has 0 aliphatic rings. The van der Waals surface area contributed by atoms with E-state index in [1.165, 1.54) is 0 Å². The van der Waals surface area contributed by atoms with Crippen molar-refractivity contribution >= 4 is 5.82 Å². The Kier molecular flexibility index (Phi) is 5.92. The van der Waals surface area contributed by atoms with Crippen molar-refractivity contribution in [3.8, 4) is 5.75 Å². The number of aliphatic hydroxyl groups excluding tert-OH is 1. The van der Waals surface area contributed by atoms with Crippen molar-refractivity contribution in [3.05, 3.63) is 18.3 Å². The third-order valence-corrected chi connectivity index (χ3v) is 2.38. The van der Waals surface area contributed by atoms with E-state index in [9.17, 15) is 5.11 Å². The van der Waals surface area contributed by atoms with Crippen LogP contribution < -0.4 is 10.1 Å². The van der Waals surface area contributed by atoms with Crippen molar-refractivity contribution in [2.75, 3.05) is 11.9 Å². The molecule has 2 N–H and O–H groups in total. The van der Waals surface area contributed by atoms with E-state index in [1.54, 1.807) is 6.20 Å². The van der Waals surface area contributed by atoms with Crippen molar-refractivity contribution in [2.45, 2.75) is 46.3 Å². The second kappa shape index (κ2) is 7.21. The van der Waals surface area contributed by atoms with Gasteiger partial charge in [0.1, 0.15) is 0 Å². The van der Waals surface area contributed by atoms with Crippen LogP contribution in [0.5, 0.6) is 5.75 Å². The number of rotatable bonds is 7. The maximum Gasteiger partial charge on any atom is 0.168 e. The van der Waals surface area contributed by atoms with E-state index >= 15 is 0 Å². The number of pyridine rings is 1. The number of hydrogen-bond donors (Lipinski definition) is 2. The zero-order valence-corrected chi connectivity index (χ0v) is 11.7. The number of ether oxygens (including phenoxy) is 1. The van der Waals surface area contributed by atoms with Gasteiger partial charge in [-0.05, 0) is 38.3 Å². The SMILES string of the molecule is CC(C)CC(O)CNc1ncccc1OC(C)C. The summed E-state index contributed by atoms with van der Waals surface area (Å²) >= 11 is 0. The van der Waals surface area contributed by atoms with Crippen LogP contribution in [0, 0.1) is 5.92 Å². The van der Waals surface area contributed by atoms with E-state index in [-0.39, 0.29) is 12.2 Å². The number of aromatic nitrogens is 1. The van der Waals surface area contributed by atoms with Gasteiger partial charge in [0.15, 0.2) is 11.6 Å². The number of nitrogens with zero attached hydrogens (tertiary/aromatic N) is 1.